The number of phenolic OH excluding ortho intramolecular Hbond substituents is 1. The van der Waals surface area contributed by atoms with Gasteiger partial charge in [-0.15, -0.1) is 0 Å². The first-order valence-electron chi connectivity index (χ1n) is 8.34. The molecule has 1 aromatic carbocycles. The molecule has 5 nitrogen and oxygen atoms in total. The molecule has 0 aromatic heterocycles. The Labute approximate surface area is 135 Å². The van der Waals surface area contributed by atoms with Crippen LogP contribution in [0.25, 0.3) is 0 Å². The summed E-state index contributed by atoms with van der Waals surface area (Å²) in [6, 6.07) is 3.52. The number of hydrogen-bond acceptors (Lipinski definition) is 5. The molecular weight excluding hydrogens is 294 g/mol. The number of rotatable bonds is 1. The zero-order chi connectivity index (χ0) is 16.5. The molecule has 0 saturated heterocycles. The van der Waals surface area contributed by atoms with Crippen LogP contribution in [0.5, 0.6) is 11.5 Å². The minimum absolute atomic E-state index is 0.000177. The van der Waals surface area contributed by atoms with Crippen LogP contribution in [-0.4, -0.2) is 35.2 Å². The molecule has 2 bridgehead atoms. The molecule has 0 spiro atoms. The highest BCUT2D eigenvalue weighted by atomic mass is 16.5. The minimum atomic E-state index is -1.34. The van der Waals surface area contributed by atoms with Crippen molar-refractivity contribution in [2.75, 3.05) is 7.05 Å². The van der Waals surface area contributed by atoms with Gasteiger partial charge in [-0.3, -0.25) is 4.79 Å². The maximum atomic E-state index is 13.0. The molecule has 3 aliphatic rings. The largest absolute Gasteiger partial charge is 0.504 e. The Bertz CT molecular complexity index is 688. The highest BCUT2D eigenvalue weighted by Crippen LogP contribution is 2.58. The number of phenols is 1. The molecule has 1 heterocycles. The van der Waals surface area contributed by atoms with Gasteiger partial charge in [0.15, 0.2) is 23.4 Å². The smallest absolute Gasteiger partial charge is 0.190 e. The Morgan fingerprint density at radius 1 is 1.35 bits per heavy atom. The van der Waals surface area contributed by atoms with Crippen molar-refractivity contribution in [3.63, 3.8) is 0 Å². The number of hydrogen-bond donors (Lipinski definition) is 3. The number of ether oxygens (including phenoxy) is 1. The molecule has 1 aromatic rings. The molecule has 3 N–H and O–H groups in total. The fourth-order valence-corrected chi connectivity index (χ4v) is 4.86. The van der Waals surface area contributed by atoms with E-state index in [0.29, 0.717) is 11.3 Å². The van der Waals surface area contributed by atoms with Crippen molar-refractivity contribution < 1.29 is 19.7 Å². The zero-order valence-electron chi connectivity index (χ0n) is 13.7. The Kier molecular flexibility index (Phi) is 3.06. The van der Waals surface area contributed by atoms with Gasteiger partial charge in [0.2, 0.25) is 0 Å². The quantitative estimate of drug-likeness (QED) is 0.729. The fraction of sp³-hybridized carbons (Fsp3) is 0.611. The summed E-state index contributed by atoms with van der Waals surface area (Å²) in [5.41, 5.74) is 0.286. The van der Waals surface area contributed by atoms with E-state index in [2.05, 4.69) is 5.32 Å². The molecule has 4 rings (SSSR count). The van der Waals surface area contributed by atoms with E-state index in [1.165, 1.54) is 0 Å². The minimum Gasteiger partial charge on any atom is -0.504 e. The second-order valence-electron chi connectivity index (χ2n) is 7.35. The Hall–Kier alpha value is -1.59. The highest BCUT2D eigenvalue weighted by molar-refractivity contribution is 5.89. The maximum absolute atomic E-state index is 13.0. The lowest BCUT2D eigenvalue weighted by molar-refractivity contribution is -0.156. The predicted octanol–water partition coefficient (Wildman–Crippen LogP) is 1.35. The van der Waals surface area contributed by atoms with Crippen molar-refractivity contribution in [1.82, 2.24) is 5.32 Å². The topological polar surface area (TPSA) is 78.8 Å². The van der Waals surface area contributed by atoms with Crippen LogP contribution in [0.2, 0.25) is 0 Å². The third kappa shape index (κ3) is 1.72. The Balaban J connectivity index is 1.95. The standard InChI is InChI=1S/C18H23NO4/c1-8-12(19-3)7-11-6-10-4-5-13(20)16-14(10)18(22,9(11)2)17(23-16)15(8)21/h4-5,8-9,11-12,17,19-20,22H,6-7H2,1-3H3/t8-,9+,11?,12?,17+,18-/m1/s1. The van der Waals surface area contributed by atoms with Gasteiger partial charge in [0.05, 0.1) is 0 Å². The van der Waals surface area contributed by atoms with E-state index in [9.17, 15) is 15.0 Å². The summed E-state index contributed by atoms with van der Waals surface area (Å²) in [5, 5.41) is 25.0. The first-order valence-corrected chi connectivity index (χ1v) is 8.34. The van der Waals surface area contributed by atoms with Gasteiger partial charge in [-0.1, -0.05) is 19.9 Å². The number of aromatic hydroxyl groups is 1. The summed E-state index contributed by atoms with van der Waals surface area (Å²) in [7, 11) is 1.88. The molecule has 124 valence electrons. The van der Waals surface area contributed by atoms with Crippen LogP contribution < -0.4 is 10.1 Å². The first-order chi connectivity index (χ1) is 10.9. The second-order valence-corrected chi connectivity index (χ2v) is 7.35. The van der Waals surface area contributed by atoms with Crippen molar-refractivity contribution in [1.29, 1.82) is 0 Å². The molecule has 6 atom stereocenters. The van der Waals surface area contributed by atoms with E-state index < -0.39 is 11.7 Å². The molecule has 1 saturated carbocycles. The number of Topliss-reactive ketones (excluding diaryl/α,β-unsaturated/α-hetero) is 1. The van der Waals surface area contributed by atoms with Crippen LogP contribution in [-0.2, 0) is 16.8 Å². The average Bonchev–Trinajstić information content (AvgIpc) is 2.86. The molecule has 1 fully saturated rings. The van der Waals surface area contributed by atoms with Crippen LogP contribution in [0.3, 0.4) is 0 Å². The highest BCUT2D eigenvalue weighted by Gasteiger charge is 2.62. The van der Waals surface area contributed by atoms with Crippen molar-refractivity contribution in [2.24, 2.45) is 17.8 Å². The maximum Gasteiger partial charge on any atom is 0.190 e. The van der Waals surface area contributed by atoms with E-state index in [1.807, 2.05) is 27.0 Å². The molecule has 5 heteroatoms. The molecule has 0 amide bonds. The molecule has 23 heavy (non-hydrogen) atoms. The Morgan fingerprint density at radius 3 is 2.78 bits per heavy atom. The monoisotopic (exact) mass is 317 g/mol. The summed E-state index contributed by atoms with van der Waals surface area (Å²) in [6.45, 7) is 3.89. The summed E-state index contributed by atoms with van der Waals surface area (Å²) in [6.07, 6.45) is 0.741. The van der Waals surface area contributed by atoms with Gasteiger partial charge < -0.3 is 20.3 Å². The summed E-state index contributed by atoms with van der Waals surface area (Å²) < 4.78 is 5.86. The third-order valence-electron chi connectivity index (χ3n) is 6.38. The lowest BCUT2D eigenvalue weighted by atomic mass is 9.60. The van der Waals surface area contributed by atoms with Crippen molar-refractivity contribution >= 4 is 5.78 Å². The van der Waals surface area contributed by atoms with E-state index in [4.69, 9.17) is 4.74 Å². The number of fused-ring (bicyclic) bond motifs is 1. The zero-order valence-corrected chi connectivity index (χ0v) is 13.7. The van der Waals surface area contributed by atoms with Gasteiger partial charge in [0.25, 0.3) is 0 Å². The number of nitrogens with one attached hydrogen (secondary N) is 1. The lowest BCUT2D eigenvalue weighted by Gasteiger charge is -2.47. The number of carbonyl (C=O) groups is 1. The van der Waals surface area contributed by atoms with Crippen molar-refractivity contribution in [3.05, 3.63) is 23.3 Å². The van der Waals surface area contributed by atoms with E-state index in [-0.39, 0.29) is 35.3 Å². The van der Waals surface area contributed by atoms with Crippen LogP contribution in [0.15, 0.2) is 12.1 Å². The number of benzene rings is 1. The first kappa shape index (κ1) is 15.0. The molecule has 2 unspecified atom stereocenters. The summed E-state index contributed by atoms with van der Waals surface area (Å²) >= 11 is 0. The SMILES string of the molecule is CNC1CC2Cc3ccc(O)c4c3[C@@](O)([C@@H](O4)C(=O)[C@@H]1C)[C@H]2C. The summed E-state index contributed by atoms with van der Waals surface area (Å²) in [4.78, 5) is 13.0. The van der Waals surface area contributed by atoms with Crippen LogP contribution in [0, 0.1) is 17.8 Å². The van der Waals surface area contributed by atoms with Gasteiger partial charge >= 0.3 is 0 Å². The van der Waals surface area contributed by atoms with Crippen LogP contribution in [0.4, 0.5) is 0 Å². The van der Waals surface area contributed by atoms with Crippen LogP contribution in [0.1, 0.15) is 31.4 Å². The number of carbonyl (C=O) groups excluding carboxylic acids is 1. The third-order valence-corrected chi connectivity index (χ3v) is 6.38. The van der Waals surface area contributed by atoms with Gasteiger partial charge in [0, 0.05) is 17.5 Å². The van der Waals surface area contributed by atoms with E-state index in [0.717, 1.165) is 18.4 Å². The summed E-state index contributed by atoms with van der Waals surface area (Å²) in [5.74, 6) is 0.117. The van der Waals surface area contributed by atoms with Gasteiger partial charge in [-0.25, -0.2) is 0 Å². The Morgan fingerprint density at radius 2 is 2.09 bits per heavy atom. The normalized spacial score (nSPS) is 41.2. The molecule has 2 aliphatic carbocycles. The van der Waals surface area contributed by atoms with Crippen LogP contribution >= 0.6 is 0 Å². The lowest BCUT2D eigenvalue weighted by Crippen LogP contribution is -2.58. The number of ketones is 1. The fourth-order valence-electron chi connectivity index (χ4n) is 4.86. The second kappa shape index (κ2) is 4.71. The number of aliphatic hydroxyl groups is 1. The van der Waals surface area contributed by atoms with Gasteiger partial charge in [0.1, 0.15) is 5.60 Å². The molecular formula is C18H23NO4. The van der Waals surface area contributed by atoms with Crippen molar-refractivity contribution in [2.45, 2.75) is 44.4 Å². The van der Waals surface area contributed by atoms with E-state index in [1.54, 1.807) is 6.07 Å². The van der Waals surface area contributed by atoms with Gasteiger partial charge in [-0.05, 0) is 43.4 Å². The molecule has 0 radical (unpaired) electrons. The average molecular weight is 317 g/mol. The molecule has 1 aliphatic heterocycles. The van der Waals surface area contributed by atoms with E-state index >= 15 is 0 Å². The predicted molar refractivity (Wildman–Crippen MR) is 84.4 cm³/mol. The van der Waals surface area contributed by atoms with Crippen molar-refractivity contribution in [3.8, 4) is 11.5 Å². The van der Waals surface area contributed by atoms with Gasteiger partial charge in [-0.2, -0.15) is 0 Å².